The molecule has 0 aromatic heterocycles. The predicted molar refractivity (Wildman–Crippen MR) is 56.2 cm³/mol. The van der Waals surface area contributed by atoms with Crippen molar-refractivity contribution in [1.82, 2.24) is 5.32 Å². The molecule has 0 saturated heterocycles. The molecule has 0 aromatic carbocycles. The van der Waals surface area contributed by atoms with Crippen molar-refractivity contribution in [3.63, 3.8) is 0 Å². The van der Waals surface area contributed by atoms with E-state index in [1.165, 1.54) is 19.3 Å². The highest BCUT2D eigenvalue weighted by Gasteiger charge is 2.21. The number of rotatable bonds is 5. The second kappa shape index (κ2) is 5.81. The fraction of sp³-hybridized carbons (Fsp3) is 0.727. The Labute approximate surface area is 85.2 Å². The summed E-state index contributed by atoms with van der Waals surface area (Å²) in [7, 11) is 0. The Balaban J connectivity index is 2.36. The zero-order chi connectivity index (χ0) is 10.4. The van der Waals surface area contributed by atoms with Gasteiger partial charge in [0.25, 0.3) is 0 Å². The van der Waals surface area contributed by atoms with Gasteiger partial charge < -0.3 is 10.4 Å². The van der Waals surface area contributed by atoms with Crippen molar-refractivity contribution in [2.24, 2.45) is 0 Å². The van der Waals surface area contributed by atoms with Crippen molar-refractivity contribution >= 4 is 5.97 Å². The molecule has 0 amide bonds. The van der Waals surface area contributed by atoms with E-state index in [0.717, 1.165) is 12.8 Å². The molecule has 80 valence electrons. The first kappa shape index (κ1) is 11.2. The highest BCUT2D eigenvalue weighted by atomic mass is 16.4. The lowest BCUT2D eigenvalue weighted by molar-refractivity contribution is -0.139. The largest absolute Gasteiger partial charge is 0.480 e. The van der Waals surface area contributed by atoms with E-state index in [4.69, 9.17) is 5.11 Å². The maximum absolute atomic E-state index is 10.9. The Hall–Kier alpha value is -0.830. The van der Waals surface area contributed by atoms with E-state index < -0.39 is 12.0 Å². The predicted octanol–water partition coefficient (Wildman–Crippen LogP) is 1.94. The van der Waals surface area contributed by atoms with Crippen molar-refractivity contribution in [2.75, 3.05) is 0 Å². The molecule has 1 unspecified atom stereocenters. The fourth-order valence-corrected chi connectivity index (χ4v) is 1.96. The molecule has 1 aliphatic rings. The lowest BCUT2D eigenvalue weighted by Gasteiger charge is -2.25. The van der Waals surface area contributed by atoms with Gasteiger partial charge in [-0.3, -0.25) is 4.79 Å². The van der Waals surface area contributed by atoms with Gasteiger partial charge in [-0.1, -0.05) is 25.3 Å². The first-order valence-corrected chi connectivity index (χ1v) is 5.33. The van der Waals surface area contributed by atoms with E-state index >= 15 is 0 Å². The third kappa shape index (κ3) is 3.50. The van der Waals surface area contributed by atoms with Crippen molar-refractivity contribution < 1.29 is 9.90 Å². The summed E-state index contributed by atoms with van der Waals surface area (Å²) in [5, 5.41) is 12.1. The molecular formula is C11H19NO2. The van der Waals surface area contributed by atoms with Gasteiger partial charge in [-0.25, -0.2) is 0 Å². The highest BCUT2D eigenvalue weighted by molar-refractivity contribution is 5.73. The van der Waals surface area contributed by atoms with Gasteiger partial charge in [0.15, 0.2) is 0 Å². The summed E-state index contributed by atoms with van der Waals surface area (Å²) in [6.07, 6.45) is 8.12. The molecule has 0 heterocycles. The number of nitrogens with one attached hydrogen (secondary N) is 1. The van der Waals surface area contributed by atoms with Gasteiger partial charge in [-0.2, -0.15) is 0 Å². The van der Waals surface area contributed by atoms with Gasteiger partial charge in [-0.15, -0.1) is 6.58 Å². The molecule has 0 aromatic rings. The molecule has 1 aliphatic carbocycles. The van der Waals surface area contributed by atoms with Crippen LogP contribution < -0.4 is 5.32 Å². The lowest BCUT2D eigenvalue weighted by Crippen LogP contribution is -2.43. The number of aliphatic carboxylic acids is 1. The summed E-state index contributed by atoms with van der Waals surface area (Å²) in [4.78, 5) is 10.9. The second-order valence-corrected chi connectivity index (χ2v) is 3.92. The van der Waals surface area contributed by atoms with Gasteiger partial charge in [0.1, 0.15) is 6.04 Å². The molecule has 1 rings (SSSR count). The molecule has 14 heavy (non-hydrogen) atoms. The molecule has 1 saturated carbocycles. The Morgan fingerprint density at radius 2 is 2.14 bits per heavy atom. The number of carbonyl (C=O) groups is 1. The number of hydrogen-bond donors (Lipinski definition) is 2. The van der Waals surface area contributed by atoms with Gasteiger partial charge in [0.05, 0.1) is 0 Å². The monoisotopic (exact) mass is 197 g/mol. The molecular weight excluding hydrogens is 178 g/mol. The van der Waals surface area contributed by atoms with Gasteiger partial charge in [0.2, 0.25) is 0 Å². The van der Waals surface area contributed by atoms with Gasteiger partial charge >= 0.3 is 5.97 Å². The number of carboxylic acid groups (broad SMARTS) is 1. The third-order valence-corrected chi connectivity index (χ3v) is 2.74. The second-order valence-electron chi connectivity index (χ2n) is 3.92. The molecule has 3 heteroatoms. The van der Waals surface area contributed by atoms with Crippen LogP contribution in [-0.4, -0.2) is 23.2 Å². The van der Waals surface area contributed by atoms with Crippen LogP contribution in [0, 0.1) is 0 Å². The van der Waals surface area contributed by atoms with Crippen molar-refractivity contribution in [3.8, 4) is 0 Å². The molecule has 2 N–H and O–H groups in total. The van der Waals surface area contributed by atoms with Crippen LogP contribution in [0.4, 0.5) is 0 Å². The summed E-state index contributed by atoms with van der Waals surface area (Å²) < 4.78 is 0. The summed E-state index contributed by atoms with van der Waals surface area (Å²) >= 11 is 0. The summed E-state index contributed by atoms with van der Waals surface area (Å²) in [6.45, 7) is 3.57. The van der Waals surface area contributed by atoms with Gasteiger partial charge in [-0.05, 0) is 19.3 Å². The molecule has 0 spiro atoms. The smallest absolute Gasteiger partial charge is 0.321 e. The van der Waals surface area contributed by atoms with Crippen LogP contribution in [-0.2, 0) is 4.79 Å². The van der Waals surface area contributed by atoms with E-state index in [9.17, 15) is 4.79 Å². The van der Waals surface area contributed by atoms with Crippen LogP contribution >= 0.6 is 0 Å². The number of hydrogen-bond acceptors (Lipinski definition) is 2. The number of carboxylic acids is 1. The van der Waals surface area contributed by atoms with Crippen molar-refractivity contribution in [2.45, 2.75) is 50.6 Å². The first-order valence-electron chi connectivity index (χ1n) is 5.33. The third-order valence-electron chi connectivity index (χ3n) is 2.74. The fourth-order valence-electron chi connectivity index (χ4n) is 1.96. The topological polar surface area (TPSA) is 49.3 Å². The minimum Gasteiger partial charge on any atom is -0.480 e. The Kier molecular flexibility index (Phi) is 4.66. The Bertz CT molecular complexity index is 197. The average Bonchev–Trinajstić information content (AvgIpc) is 2.18. The van der Waals surface area contributed by atoms with Crippen LogP contribution in [0.2, 0.25) is 0 Å². The summed E-state index contributed by atoms with van der Waals surface area (Å²) in [5.74, 6) is -0.768. The zero-order valence-electron chi connectivity index (χ0n) is 8.54. The SMILES string of the molecule is C=CCC(NC1CCCCC1)C(=O)O. The molecule has 0 radical (unpaired) electrons. The lowest BCUT2D eigenvalue weighted by atomic mass is 9.94. The Morgan fingerprint density at radius 1 is 1.50 bits per heavy atom. The molecule has 0 aliphatic heterocycles. The average molecular weight is 197 g/mol. The minimum absolute atomic E-state index is 0.393. The van der Waals surface area contributed by atoms with Gasteiger partial charge in [0, 0.05) is 6.04 Å². The standard InChI is InChI=1S/C11H19NO2/c1-2-6-10(11(13)14)12-9-7-4-3-5-8-9/h2,9-10,12H,1,3-8H2,(H,13,14). The molecule has 1 atom stereocenters. The van der Waals surface area contributed by atoms with Crippen LogP contribution in [0.1, 0.15) is 38.5 Å². The first-order chi connectivity index (χ1) is 6.74. The van der Waals surface area contributed by atoms with Crippen molar-refractivity contribution in [3.05, 3.63) is 12.7 Å². The maximum atomic E-state index is 10.9. The van der Waals surface area contributed by atoms with E-state index in [1.54, 1.807) is 6.08 Å². The van der Waals surface area contributed by atoms with E-state index in [-0.39, 0.29) is 0 Å². The van der Waals surface area contributed by atoms with Crippen molar-refractivity contribution in [1.29, 1.82) is 0 Å². The normalized spacial score (nSPS) is 20.3. The van der Waals surface area contributed by atoms with Crippen LogP contribution in [0.3, 0.4) is 0 Å². The van der Waals surface area contributed by atoms with E-state index in [0.29, 0.717) is 12.5 Å². The van der Waals surface area contributed by atoms with Crippen LogP contribution in [0.15, 0.2) is 12.7 Å². The van der Waals surface area contributed by atoms with Crippen LogP contribution in [0.5, 0.6) is 0 Å². The van der Waals surface area contributed by atoms with E-state index in [2.05, 4.69) is 11.9 Å². The zero-order valence-corrected chi connectivity index (χ0v) is 8.54. The summed E-state index contributed by atoms with van der Waals surface area (Å²) in [6, 6.07) is -0.0552. The summed E-state index contributed by atoms with van der Waals surface area (Å²) in [5.41, 5.74) is 0. The van der Waals surface area contributed by atoms with Crippen LogP contribution in [0.25, 0.3) is 0 Å². The molecule has 0 bridgehead atoms. The minimum atomic E-state index is -0.768. The maximum Gasteiger partial charge on any atom is 0.321 e. The van der Waals surface area contributed by atoms with E-state index in [1.807, 2.05) is 0 Å². The quantitative estimate of drug-likeness (QED) is 0.662. The molecule has 3 nitrogen and oxygen atoms in total. The molecule has 1 fully saturated rings. The highest BCUT2D eigenvalue weighted by Crippen LogP contribution is 2.18. The Morgan fingerprint density at radius 3 is 2.64 bits per heavy atom.